The molecule has 0 spiro atoms. The molecule has 1 unspecified atom stereocenters. The van der Waals surface area contributed by atoms with E-state index in [-0.39, 0.29) is 12.1 Å². The quantitative estimate of drug-likeness (QED) is 0.608. The van der Waals surface area contributed by atoms with Gasteiger partial charge in [-0.2, -0.15) is 0 Å². The summed E-state index contributed by atoms with van der Waals surface area (Å²) in [5.41, 5.74) is -0.0191. The van der Waals surface area contributed by atoms with Gasteiger partial charge in [0.25, 0.3) is 0 Å². The van der Waals surface area contributed by atoms with E-state index in [1.54, 1.807) is 0 Å². The summed E-state index contributed by atoms with van der Waals surface area (Å²) < 4.78 is 0. The summed E-state index contributed by atoms with van der Waals surface area (Å²) in [4.78, 5) is 0. The smallest absolute Gasteiger partial charge is 0.0613 e. The Labute approximate surface area is 63.6 Å². The third-order valence-corrected chi connectivity index (χ3v) is 2.24. The van der Waals surface area contributed by atoms with Crippen molar-refractivity contribution >= 4 is 0 Å². The maximum absolute atomic E-state index is 9.05. The van der Waals surface area contributed by atoms with Gasteiger partial charge in [0, 0.05) is 5.54 Å². The van der Waals surface area contributed by atoms with Crippen molar-refractivity contribution in [3.63, 3.8) is 0 Å². The van der Waals surface area contributed by atoms with E-state index in [1.807, 2.05) is 7.05 Å². The van der Waals surface area contributed by atoms with Crippen LogP contribution in [0.5, 0.6) is 0 Å². The second kappa shape index (κ2) is 4.69. The second-order valence-corrected chi connectivity index (χ2v) is 2.79. The SMILES string of the molecule is CCCC(CC)(CO)NC. The fraction of sp³-hybridized carbons (Fsp3) is 1.00. The molecule has 0 aromatic carbocycles. The molecular formula is C8H19NO. The van der Waals surface area contributed by atoms with E-state index >= 15 is 0 Å². The zero-order chi connectivity index (χ0) is 8.04. The predicted octanol–water partition coefficient (Wildman–Crippen LogP) is 1.15. The average molecular weight is 145 g/mol. The van der Waals surface area contributed by atoms with Crippen molar-refractivity contribution in [2.45, 2.75) is 38.6 Å². The van der Waals surface area contributed by atoms with Gasteiger partial charge in [-0.05, 0) is 19.9 Å². The number of likely N-dealkylation sites (N-methyl/N-ethyl adjacent to an activating group) is 1. The Morgan fingerprint density at radius 1 is 1.40 bits per heavy atom. The van der Waals surface area contributed by atoms with Crippen LogP contribution in [0.2, 0.25) is 0 Å². The van der Waals surface area contributed by atoms with Crippen LogP contribution in [0.4, 0.5) is 0 Å². The van der Waals surface area contributed by atoms with Gasteiger partial charge in [0.15, 0.2) is 0 Å². The molecule has 0 aromatic heterocycles. The first-order valence-corrected chi connectivity index (χ1v) is 4.04. The number of nitrogens with one attached hydrogen (secondary N) is 1. The molecule has 0 saturated heterocycles. The van der Waals surface area contributed by atoms with Crippen LogP contribution in [-0.4, -0.2) is 24.3 Å². The van der Waals surface area contributed by atoms with Crippen LogP contribution >= 0.6 is 0 Å². The van der Waals surface area contributed by atoms with Gasteiger partial charge in [-0.25, -0.2) is 0 Å². The van der Waals surface area contributed by atoms with Gasteiger partial charge in [-0.3, -0.25) is 0 Å². The summed E-state index contributed by atoms with van der Waals surface area (Å²) in [7, 11) is 1.91. The summed E-state index contributed by atoms with van der Waals surface area (Å²) in [6.45, 7) is 4.48. The molecule has 0 fully saturated rings. The molecule has 0 aromatic rings. The lowest BCUT2D eigenvalue weighted by molar-refractivity contribution is 0.154. The number of hydrogen-bond donors (Lipinski definition) is 2. The topological polar surface area (TPSA) is 32.3 Å². The Morgan fingerprint density at radius 3 is 2.10 bits per heavy atom. The Morgan fingerprint density at radius 2 is 2.00 bits per heavy atom. The molecule has 0 aliphatic heterocycles. The van der Waals surface area contributed by atoms with Crippen molar-refractivity contribution < 1.29 is 5.11 Å². The molecule has 0 heterocycles. The summed E-state index contributed by atoms with van der Waals surface area (Å²) in [5.74, 6) is 0. The maximum Gasteiger partial charge on any atom is 0.0613 e. The minimum absolute atomic E-state index is 0.0191. The number of aliphatic hydroxyl groups excluding tert-OH is 1. The van der Waals surface area contributed by atoms with Crippen LogP contribution in [0.15, 0.2) is 0 Å². The van der Waals surface area contributed by atoms with Gasteiger partial charge in [0.05, 0.1) is 6.61 Å². The molecule has 0 saturated carbocycles. The highest BCUT2D eigenvalue weighted by atomic mass is 16.3. The molecule has 0 bridgehead atoms. The minimum Gasteiger partial charge on any atom is -0.394 e. The highest BCUT2D eigenvalue weighted by molar-refractivity contribution is 4.83. The Hall–Kier alpha value is -0.0800. The van der Waals surface area contributed by atoms with Gasteiger partial charge in [0.1, 0.15) is 0 Å². The summed E-state index contributed by atoms with van der Waals surface area (Å²) in [6, 6.07) is 0. The first kappa shape index (κ1) is 9.92. The molecule has 62 valence electrons. The normalized spacial score (nSPS) is 16.8. The first-order valence-electron chi connectivity index (χ1n) is 4.04. The zero-order valence-corrected chi connectivity index (χ0v) is 7.28. The van der Waals surface area contributed by atoms with Crippen molar-refractivity contribution in [3.8, 4) is 0 Å². The third kappa shape index (κ3) is 2.27. The highest BCUT2D eigenvalue weighted by Crippen LogP contribution is 2.15. The van der Waals surface area contributed by atoms with Gasteiger partial charge < -0.3 is 10.4 Å². The number of rotatable bonds is 5. The molecule has 0 aliphatic carbocycles. The van der Waals surface area contributed by atoms with Gasteiger partial charge in [-0.15, -0.1) is 0 Å². The standard InChI is InChI=1S/C8H19NO/c1-4-6-8(5-2,7-10)9-3/h9-10H,4-7H2,1-3H3. The Balaban J connectivity index is 3.87. The zero-order valence-electron chi connectivity index (χ0n) is 7.28. The van der Waals surface area contributed by atoms with Crippen LogP contribution in [0.1, 0.15) is 33.1 Å². The van der Waals surface area contributed by atoms with Gasteiger partial charge in [0.2, 0.25) is 0 Å². The fourth-order valence-electron chi connectivity index (χ4n) is 1.23. The molecule has 0 amide bonds. The van der Waals surface area contributed by atoms with Gasteiger partial charge >= 0.3 is 0 Å². The van der Waals surface area contributed by atoms with E-state index in [9.17, 15) is 0 Å². The van der Waals surface area contributed by atoms with E-state index < -0.39 is 0 Å². The van der Waals surface area contributed by atoms with Crippen LogP contribution in [0.3, 0.4) is 0 Å². The Kier molecular flexibility index (Phi) is 4.65. The second-order valence-electron chi connectivity index (χ2n) is 2.79. The predicted molar refractivity (Wildman–Crippen MR) is 44.1 cm³/mol. The molecule has 0 radical (unpaired) electrons. The number of aliphatic hydroxyl groups is 1. The first-order chi connectivity index (χ1) is 4.74. The van der Waals surface area contributed by atoms with E-state index in [4.69, 9.17) is 5.11 Å². The van der Waals surface area contributed by atoms with E-state index in [1.165, 1.54) is 0 Å². The fourth-order valence-corrected chi connectivity index (χ4v) is 1.23. The van der Waals surface area contributed by atoms with E-state index in [0.717, 1.165) is 19.3 Å². The van der Waals surface area contributed by atoms with Crippen molar-refractivity contribution in [3.05, 3.63) is 0 Å². The largest absolute Gasteiger partial charge is 0.394 e. The monoisotopic (exact) mass is 145 g/mol. The number of hydrogen-bond acceptors (Lipinski definition) is 2. The molecule has 10 heavy (non-hydrogen) atoms. The summed E-state index contributed by atoms with van der Waals surface area (Å²) >= 11 is 0. The average Bonchev–Trinajstić information content (AvgIpc) is 2.01. The summed E-state index contributed by atoms with van der Waals surface area (Å²) in [6.07, 6.45) is 3.17. The van der Waals surface area contributed by atoms with Crippen molar-refractivity contribution in [1.29, 1.82) is 0 Å². The summed E-state index contributed by atoms with van der Waals surface area (Å²) in [5, 5.41) is 12.2. The maximum atomic E-state index is 9.05. The molecule has 0 aliphatic rings. The lowest BCUT2D eigenvalue weighted by Gasteiger charge is -2.29. The lowest BCUT2D eigenvalue weighted by Crippen LogP contribution is -2.45. The Bertz CT molecular complexity index is 71.1. The molecule has 2 N–H and O–H groups in total. The molecule has 2 nitrogen and oxygen atoms in total. The van der Waals surface area contributed by atoms with Crippen molar-refractivity contribution in [2.24, 2.45) is 0 Å². The van der Waals surface area contributed by atoms with Crippen molar-refractivity contribution in [2.75, 3.05) is 13.7 Å². The highest BCUT2D eigenvalue weighted by Gasteiger charge is 2.22. The minimum atomic E-state index is -0.0191. The molecule has 2 heteroatoms. The third-order valence-electron chi connectivity index (χ3n) is 2.24. The van der Waals surface area contributed by atoms with Crippen LogP contribution < -0.4 is 5.32 Å². The molecular weight excluding hydrogens is 126 g/mol. The van der Waals surface area contributed by atoms with Crippen molar-refractivity contribution in [1.82, 2.24) is 5.32 Å². The molecule has 1 atom stereocenters. The lowest BCUT2D eigenvalue weighted by atomic mass is 9.92. The van der Waals surface area contributed by atoms with E-state index in [0.29, 0.717) is 0 Å². The van der Waals surface area contributed by atoms with Gasteiger partial charge in [-0.1, -0.05) is 20.3 Å². The van der Waals surface area contributed by atoms with Crippen LogP contribution in [-0.2, 0) is 0 Å². The molecule has 0 rings (SSSR count). The van der Waals surface area contributed by atoms with Crippen LogP contribution in [0.25, 0.3) is 0 Å². The van der Waals surface area contributed by atoms with Crippen LogP contribution in [0, 0.1) is 0 Å². The van der Waals surface area contributed by atoms with E-state index in [2.05, 4.69) is 19.2 Å².